The summed E-state index contributed by atoms with van der Waals surface area (Å²) >= 11 is 5.87. The van der Waals surface area contributed by atoms with Gasteiger partial charge in [0.2, 0.25) is 10.0 Å². The van der Waals surface area contributed by atoms with Crippen molar-refractivity contribution >= 4 is 31.5 Å². The predicted molar refractivity (Wildman–Crippen MR) is 116 cm³/mol. The Balaban J connectivity index is 1.97. The number of sulfone groups is 1. The van der Waals surface area contributed by atoms with E-state index < -0.39 is 25.1 Å². The highest BCUT2D eigenvalue weighted by molar-refractivity contribution is 7.92. The topological polar surface area (TPSA) is 93.4 Å². The molecule has 9 heteroatoms. The lowest BCUT2D eigenvalue weighted by Crippen LogP contribution is -2.32. The van der Waals surface area contributed by atoms with Gasteiger partial charge in [0, 0.05) is 11.6 Å². The summed E-state index contributed by atoms with van der Waals surface area (Å²) in [5, 5.41) is -0.843. The van der Waals surface area contributed by atoms with Crippen LogP contribution in [0.1, 0.15) is 27.7 Å². The van der Waals surface area contributed by atoms with E-state index in [2.05, 4.69) is 4.72 Å². The minimum Gasteiger partial charge on any atom is -0.468 e. The van der Waals surface area contributed by atoms with Crippen LogP contribution in [-0.2, 0) is 19.9 Å². The molecule has 1 heterocycles. The highest BCUT2D eigenvalue weighted by Gasteiger charge is 2.33. The molecule has 1 atom stereocenters. The second kappa shape index (κ2) is 8.55. The molecule has 0 spiro atoms. The summed E-state index contributed by atoms with van der Waals surface area (Å²) in [6.07, 6.45) is 1.35. The summed E-state index contributed by atoms with van der Waals surface area (Å²) in [6, 6.07) is 12.3. The Kier molecular flexibility index (Phi) is 6.43. The van der Waals surface area contributed by atoms with E-state index in [9.17, 15) is 16.8 Å². The van der Waals surface area contributed by atoms with Gasteiger partial charge in [-0.3, -0.25) is 0 Å². The fourth-order valence-corrected chi connectivity index (χ4v) is 6.79. The van der Waals surface area contributed by atoms with Crippen LogP contribution in [0, 0.1) is 20.8 Å². The van der Waals surface area contributed by atoms with Gasteiger partial charge in [0.1, 0.15) is 11.0 Å². The van der Waals surface area contributed by atoms with E-state index >= 15 is 0 Å². The zero-order valence-electron chi connectivity index (χ0n) is 16.7. The molecule has 3 aromatic rings. The minimum atomic E-state index is -3.95. The van der Waals surface area contributed by atoms with Crippen LogP contribution in [0.15, 0.2) is 69.0 Å². The van der Waals surface area contributed by atoms with Crippen molar-refractivity contribution in [2.45, 2.75) is 35.8 Å². The number of benzene rings is 2. The zero-order chi connectivity index (χ0) is 22.1. The largest absolute Gasteiger partial charge is 0.468 e. The Hall–Kier alpha value is -2.13. The molecule has 2 aromatic carbocycles. The molecule has 0 bridgehead atoms. The van der Waals surface area contributed by atoms with Gasteiger partial charge in [-0.25, -0.2) is 21.6 Å². The van der Waals surface area contributed by atoms with E-state index in [4.69, 9.17) is 16.0 Å². The van der Waals surface area contributed by atoms with Crippen LogP contribution >= 0.6 is 11.6 Å². The van der Waals surface area contributed by atoms with E-state index in [0.29, 0.717) is 16.1 Å². The van der Waals surface area contributed by atoms with Gasteiger partial charge in [-0.2, -0.15) is 0 Å². The first-order valence-corrected chi connectivity index (χ1v) is 12.5. The number of furan rings is 1. The summed E-state index contributed by atoms with van der Waals surface area (Å²) in [6.45, 7) is 4.93. The van der Waals surface area contributed by atoms with Crippen molar-refractivity contribution in [2.24, 2.45) is 0 Å². The van der Waals surface area contributed by atoms with Crippen LogP contribution in [0.4, 0.5) is 0 Å². The van der Waals surface area contributed by atoms with Crippen LogP contribution in [0.5, 0.6) is 0 Å². The Labute approximate surface area is 181 Å². The zero-order valence-corrected chi connectivity index (χ0v) is 19.1. The monoisotopic (exact) mass is 467 g/mol. The molecule has 6 nitrogen and oxygen atoms in total. The van der Waals surface area contributed by atoms with Crippen LogP contribution in [-0.4, -0.2) is 23.4 Å². The van der Waals surface area contributed by atoms with E-state index in [-0.39, 0.29) is 22.1 Å². The standard InChI is InChI=1S/C21H22ClNO5S2/c1-14-11-15(2)21(16(3)12-14)30(26,27)23-13-20(19-5-4-10-28-19)29(24,25)18-8-6-17(22)7-9-18/h4-12,20,23H,13H2,1-3H3. The highest BCUT2D eigenvalue weighted by atomic mass is 35.5. The fourth-order valence-electron chi connectivity index (χ4n) is 3.47. The van der Waals surface area contributed by atoms with Crippen molar-refractivity contribution in [3.05, 3.63) is 82.3 Å². The normalized spacial score (nSPS) is 13.3. The second-order valence-electron chi connectivity index (χ2n) is 7.08. The molecule has 160 valence electrons. The number of hydrogen-bond acceptors (Lipinski definition) is 5. The fraction of sp³-hybridized carbons (Fsp3) is 0.238. The van der Waals surface area contributed by atoms with Gasteiger partial charge in [0.05, 0.1) is 16.1 Å². The van der Waals surface area contributed by atoms with Gasteiger partial charge in [0.15, 0.2) is 9.84 Å². The lowest BCUT2D eigenvalue weighted by atomic mass is 10.1. The van der Waals surface area contributed by atoms with Gasteiger partial charge < -0.3 is 4.42 Å². The maximum atomic E-state index is 13.2. The van der Waals surface area contributed by atoms with Crippen molar-refractivity contribution in [2.75, 3.05) is 6.54 Å². The molecule has 1 aromatic heterocycles. The average molecular weight is 468 g/mol. The van der Waals surface area contributed by atoms with E-state index in [0.717, 1.165) is 5.56 Å². The summed E-state index contributed by atoms with van der Waals surface area (Å²) in [5.74, 6) is 0.144. The molecule has 0 radical (unpaired) electrons. The first-order valence-electron chi connectivity index (χ1n) is 9.13. The number of nitrogens with one attached hydrogen (secondary N) is 1. The summed E-state index contributed by atoms with van der Waals surface area (Å²) in [5.41, 5.74) is 2.13. The molecule has 0 amide bonds. The quantitative estimate of drug-likeness (QED) is 0.557. The Bertz CT molecular complexity index is 1230. The Morgan fingerprint density at radius 2 is 1.57 bits per heavy atom. The smallest absolute Gasteiger partial charge is 0.241 e. The molecular weight excluding hydrogens is 446 g/mol. The maximum absolute atomic E-state index is 13.2. The molecule has 3 rings (SSSR count). The highest BCUT2D eigenvalue weighted by Crippen LogP contribution is 2.30. The number of halogens is 1. The van der Waals surface area contributed by atoms with Gasteiger partial charge in [-0.05, 0) is 68.3 Å². The molecular formula is C21H22ClNO5S2. The average Bonchev–Trinajstić information content (AvgIpc) is 3.15. The molecule has 0 fully saturated rings. The molecule has 0 aliphatic rings. The van der Waals surface area contributed by atoms with E-state index in [1.807, 2.05) is 6.92 Å². The Morgan fingerprint density at radius 3 is 2.10 bits per heavy atom. The number of rotatable bonds is 7. The van der Waals surface area contributed by atoms with Crippen molar-refractivity contribution in [1.82, 2.24) is 4.72 Å². The van der Waals surface area contributed by atoms with Crippen LogP contribution in [0.2, 0.25) is 5.02 Å². The first kappa shape index (κ1) is 22.6. The lowest BCUT2D eigenvalue weighted by molar-refractivity contribution is 0.486. The minimum absolute atomic E-state index is 0.0233. The summed E-state index contributed by atoms with van der Waals surface area (Å²) in [7, 11) is -7.90. The molecule has 0 saturated carbocycles. The van der Waals surface area contributed by atoms with Crippen molar-refractivity contribution < 1.29 is 21.3 Å². The molecule has 1 N–H and O–H groups in total. The van der Waals surface area contributed by atoms with Gasteiger partial charge in [0.25, 0.3) is 0 Å². The molecule has 1 unspecified atom stereocenters. The van der Waals surface area contributed by atoms with Gasteiger partial charge >= 0.3 is 0 Å². The third-order valence-corrected chi connectivity index (χ3v) is 8.77. The second-order valence-corrected chi connectivity index (χ2v) is 11.4. The summed E-state index contributed by atoms with van der Waals surface area (Å²) in [4.78, 5) is 0.172. The number of sulfonamides is 1. The van der Waals surface area contributed by atoms with Crippen LogP contribution in [0.3, 0.4) is 0 Å². The maximum Gasteiger partial charge on any atom is 0.241 e. The first-order chi connectivity index (χ1) is 14.0. The van der Waals surface area contributed by atoms with Crippen molar-refractivity contribution in [3.8, 4) is 0 Å². The van der Waals surface area contributed by atoms with E-state index in [1.54, 1.807) is 32.0 Å². The molecule has 0 aliphatic heterocycles. The summed E-state index contributed by atoms with van der Waals surface area (Å²) < 4.78 is 60.3. The van der Waals surface area contributed by atoms with Gasteiger partial charge in [-0.1, -0.05) is 29.3 Å². The number of aryl methyl sites for hydroxylation is 3. The third-order valence-electron chi connectivity index (χ3n) is 4.71. The van der Waals surface area contributed by atoms with E-state index in [1.165, 1.54) is 36.6 Å². The molecule has 0 aliphatic carbocycles. The van der Waals surface area contributed by atoms with Crippen molar-refractivity contribution in [1.29, 1.82) is 0 Å². The van der Waals surface area contributed by atoms with Crippen LogP contribution in [0.25, 0.3) is 0 Å². The SMILES string of the molecule is Cc1cc(C)c(S(=O)(=O)NCC(c2ccco2)S(=O)(=O)c2ccc(Cl)cc2)c(C)c1. The van der Waals surface area contributed by atoms with Crippen molar-refractivity contribution in [3.63, 3.8) is 0 Å². The number of hydrogen-bond donors (Lipinski definition) is 1. The third kappa shape index (κ3) is 4.62. The van der Waals surface area contributed by atoms with Gasteiger partial charge in [-0.15, -0.1) is 0 Å². The molecule has 30 heavy (non-hydrogen) atoms. The molecule has 0 saturated heterocycles. The lowest BCUT2D eigenvalue weighted by Gasteiger charge is -2.18. The Morgan fingerprint density at radius 1 is 0.967 bits per heavy atom. The van der Waals surface area contributed by atoms with Crippen LogP contribution < -0.4 is 4.72 Å². The predicted octanol–water partition coefficient (Wildman–Crippen LogP) is 4.35.